The molecule has 0 atom stereocenters. The van der Waals surface area contributed by atoms with Crippen molar-refractivity contribution >= 4 is 11.9 Å². The van der Waals surface area contributed by atoms with Gasteiger partial charge >= 0.3 is 0 Å². The molecule has 0 heterocycles. The number of amides is 1. The van der Waals surface area contributed by atoms with E-state index in [1.807, 2.05) is 13.0 Å². The Balaban J connectivity index is 1.45. The number of carbonyl (C=O) groups excluding carboxylic acids is 1. The van der Waals surface area contributed by atoms with E-state index in [0.717, 1.165) is 18.4 Å². The van der Waals surface area contributed by atoms with Gasteiger partial charge in [0.05, 0.1) is 13.0 Å². The van der Waals surface area contributed by atoms with Crippen molar-refractivity contribution in [2.45, 2.75) is 31.6 Å². The molecule has 0 saturated heterocycles. The highest BCUT2D eigenvalue weighted by atomic mass is 19.1. The number of hydrogen-bond donors (Lipinski definition) is 3. The van der Waals surface area contributed by atoms with E-state index in [-0.39, 0.29) is 29.4 Å². The smallest absolute Gasteiger partial charge is 0.224 e. The first-order valence-corrected chi connectivity index (χ1v) is 10.3. The van der Waals surface area contributed by atoms with Crippen LogP contribution in [0, 0.1) is 11.6 Å². The normalized spacial score (nSPS) is 14.8. The van der Waals surface area contributed by atoms with Crippen LogP contribution in [0.2, 0.25) is 0 Å². The van der Waals surface area contributed by atoms with Crippen LogP contribution in [0.5, 0.6) is 0 Å². The average Bonchev–Trinajstić information content (AvgIpc) is 3.50. The zero-order chi connectivity index (χ0) is 21.4. The first-order valence-electron chi connectivity index (χ1n) is 10.3. The summed E-state index contributed by atoms with van der Waals surface area (Å²) in [7, 11) is 0. The summed E-state index contributed by atoms with van der Waals surface area (Å²) in [5, 5.41) is 9.21. The second-order valence-corrected chi connectivity index (χ2v) is 7.57. The third-order valence-corrected chi connectivity index (χ3v) is 5.17. The van der Waals surface area contributed by atoms with E-state index in [0.29, 0.717) is 37.7 Å². The van der Waals surface area contributed by atoms with Gasteiger partial charge in [0, 0.05) is 25.0 Å². The highest BCUT2D eigenvalue weighted by Crippen LogP contribution is 2.48. The summed E-state index contributed by atoms with van der Waals surface area (Å²) in [6, 6.07) is 12.8. The largest absolute Gasteiger partial charge is 0.357 e. The number of aliphatic imine (C=N–C) groups is 1. The first kappa shape index (κ1) is 21.7. The Morgan fingerprint density at radius 1 is 1.00 bits per heavy atom. The molecule has 0 bridgehead atoms. The summed E-state index contributed by atoms with van der Waals surface area (Å²) in [4.78, 5) is 16.7. The van der Waals surface area contributed by atoms with Crippen LogP contribution in [0.25, 0.3) is 0 Å². The Morgan fingerprint density at radius 2 is 1.70 bits per heavy atom. The van der Waals surface area contributed by atoms with E-state index in [1.54, 1.807) is 24.3 Å². The molecule has 1 aliphatic carbocycles. The summed E-state index contributed by atoms with van der Waals surface area (Å²) in [6.07, 6.45) is 2.13. The topological polar surface area (TPSA) is 65.5 Å². The summed E-state index contributed by atoms with van der Waals surface area (Å²) in [5.74, 6) is -0.0613. The Bertz CT molecular complexity index is 896. The van der Waals surface area contributed by atoms with Gasteiger partial charge in [-0.2, -0.15) is 0 Å². The van der Waals surface area contributed by atoms with Crippen LogP contribution in [0.1, 0.15) is 30.9 Å². The SMILES string of the molecule is CCNC(=NCC1(c2cccc(F)c2)CC1)NCCNC(=O)Cc1cccc(F)c1. The predicted octanol–water partition coefficient (Wildman–Crippen LogP) is 2.91. The number of guanidine groups is 1. The second kappa shape index (κ2) is 10.2. The van der Waals surface area contributed by atoms with Gasteiger partial charge < -0.3 is 16.0 Å². The van der Waals surface area contributed by atoms with Crippen molar-refractivity contribution in [3.63, 3.8) is 0 Å². The molecular weight excluding hydrogens is 386 g/mol. The Kier molecular flexibility index (Phi) is 7.38. The number of nitrogens with one attached hydrogen (secondary N) is 3. The molecule has 3 rings (SSSR count). The molecular formula is C23H28F2N4O. The van der Waals surface area contributed by atoms with E-state index in [2.05, 4.69) is 20.9 Å². The van der Waals surface area contributed by atoms with E-state index in [9.17, 15) is 13.6 Å². The summed E-state index contributed by atoms with van der Waals surface area (Å²) in [6.45, 7) is 4.21. The molecule has 5 nitrogen and oxygen atoms in total. The average molecular weight is 415 g/mol. The molecule has 0 spiro atoms. The predicted molar refractivity (Wildman–Crippen MR) is 114 cm³/mol. The van der Waals surface area contributed by atoms with Crippen molar-refractivity contribution in [2.75, 3.05) is 26.2 Å². The fourth-order valence-electron chi connectivity index (χ4n) is 3.36. The lowest BCUT2D eigenvalue weighted by Crippen LogP contribution is -2.42. The molecule has 0 unspecified atom stereocenters. The number of hydrogen-bond acceptors (Lipinski definition) is 2. The lowest BCUT2D eigenvalue weighted by molar-refractivity contribution is -0.120. The minimum atomic E-state index is -0.347. The third-order valence-electron chi connectivity index (χ3n) is 5.17. The van der Waals surface area contributed by atoms with Crippen LogP contribution in [-0.2, 0) is 16.6 Å². The number of nitrogens with zero attached hydrogens (tertiary/aromatic N) is 1. The van der Waals surface area contributed by atoms with Crippen molar-refractivity contribution in [3.05, 3.63) is 71.3 Å². The monoisotopic (exact) mass is 414 g/mol. The number of carbonyl (C=O) groups is 1. The standard InChI is InChI=1S/C23H28F2N4O/c1-2-26-22(29-16-23(9-10-23)18-6-4-8-20(25)15-18)28-12-11-27-21(30)14-17-5-3-7-19(24)13-17/h3-8,13,15H,2,9-12,14,16H2,1H3,(H,27,30)(H2,26,28,29). The molecule has 0 aromatic heterocycles. The molecule has 1 saturated carbocycles. The van der Waals surface area contributed by atoms with Crippen LogP contribution < -0.4 is 16.0 Å². The van der Waals surface area contributed by atoms with Crippen molar-refractivity contribution in [2.24, 2.45) is 4.99 Å². The van der Waals surface area contributed by atoms with Crippen LogP contribution in [-0.4, -0.2) is 38.0 Å². The quantitative estimate of drug-likeness (QED) is 0.336. The van der Waals surface area contributed by atoms with Crippen LogP contribution in [0.15, 0.2) is 53.5 Å². The molecule has 1 amide bonds. The van der Waals surface area contributed by atoms with Crippen LogP contribution in [0.3, 0.4) is 0 Å². The summed E-state index contributed by atoms with van der Waals surface area (Å²) < 4.78 is 26.8. The molecule has 3 N–H and O–H groups in total. The molecule has 30 heavy (non-hydrogen) atoms. The zero-order valence-electron chi connectivity index (χ0n) is 17.2. The van der Waals surface area contributed by atoms with E-state index in [4.69, 9.17) is 0 Å². The second-order valence-electron chi connectivity index (χ2n) is 7.57. The minimum Gasteiger partial charge on any atom is -0.357 e. The molecule has 7 heteroatoms. The zero-order valence-corrected chi connectivity index (χ0v) is 17.2. The number of rotatable bonds is 9. The summed E-state index contributed by atoms with van der Waals surface area (Å²) >= 11 is 0. The van der Waals surface area contributed by atoms with E-state index < -0.39 is 0 Å². The van der Waals surface area contributed by atoms with Crippen LogP contribution in [0.4, 0.5) is 8.78 Å². The Labute approximate surface area is 176 Å². The van der Waals surface area contributed by atoms with E-state index in [1.165, 1.54) is 18.2 Å². The highest BCUT2D eigenvalue weighted by molar-refractivity contribution is 5.80. The van der Waals surface area contributed by atoms with Gasteiger partial charge in [0.1, 0.15) is 11.6 Å². The molecule has 1 aliphatic rings. The van der Waals surface area contributed by atoms with Crippen molar-refractivity contribution in [1.29, 1.82) is 0 Å². The van der Waals surface area contributed by atoms with Gasteiger partial charge in [-0.25, -0.2) is 8.78 Å². The molecule has 2 aromatic carbocycles. The number of halogens is 2. The Hall–Kier alpha value is -2.96. The fraction of sp³-hybridized carbons (Fsp3) is 0.391. The van der Waals surface area contributed by atoms with Gasteiger partial charge in [-0.3, -0.25) is 9.79 Å². The van der Waals surface area contributed by atoms with Gasteiger partial charge in [0.15, 0.2) is 5.96 Å². The lowest BCUT2D eigenvalue weighted by atomic mass is 9.96. The third kappa shape index (κ3) is 6.27. The highest BCUT2D eigenvalue weighted by Gasteiger charge is 2.44. The summed E-state index contributed by atoms with van der Waals surface area (Å²) in [5.41, 5.74) is 1.55. The maximum absolute atomic E-state index is 13.6. The minimum absolute atomic E-state index is 0.0797. The van der Waals surface area contributed by atoms with Gasteiger partial charge in [0.25, 0.3) is 0 Å². The Morgan fingerprint density at radius 3 is 2.37 bits per heavy atom. The van der Waals surface area contributed by atoms with Crippen molar-refractivity contribution in [3.8, 4) is 0 Å². The molecule has 1 fully saturated rings. The van der Waals surface area contributed by atoms with E-state index >= 15 is 0 Å². The first-order chi connectivity index (χ1) is 14.5. The van der Waals surface area contributed by atoms with Gasteiger partial charge in [-0.15, -0.1) is 0 Å². The van der Waals surface area contributed by atoms with Crippen molar-refractivity contribution < 1.29 is 13.6 Å². The van der Waals surface area contributed by atoms with Crippen molar-refractivity contribution in [1.82, 2.24) is 16.0 Å². The molecule has 0 radical (unpaired) electrons. The van der Waals surface area contributed by atoms with Gasteiger partial charge in [-0.05, 0) is 55.2 Å². The lowest BCUT2D eigenvalue weighted by Gasteiger charge is -2.16. The number of benzene rings is 2. The fourth-order valence-corrected chi connectivity index (χ4v) is 3.36. The van der Waals surface area contributed by atoms with Gasteiger partial charge in [0.2, 0.25) is 5.91 Å². The molecule has 0 aliphatic heterocycles. The molecule has 2 aromatic rings. The maximum Gasteiger partial charge on any atom is 0.224 e. The van der Waals surface area contributed by atoms with Gasteiger partial charge in [-0.1, -0.05) is 24.3 Å². The maximum atomic E-state index is 13.6. The van der Waals surface area contributed by atoms with Crippen LogP contribution >= 0.6 is 0 Å². The molecule has 160 valence electrons.